The second-order valence-corrected chi connectivity index (χ2v) is 3.71. The molecule has 0 saturated carbocycles. The predicted molar refractivity (Wildman–Crippen MR) is 69.5 cm³/mol. The van der Waals surface area contributed by atoms with Crippen LogP contribution in [-0.2, 0) is 9.59 Å². The predicted octanol–water partition coefficient (Wildman–Crippen LogP) is 2.69. The van der Waals surface area contributed by atoms with Gasteiger partial charge < -0.3 is 5.11 Å². The molecule has 5 heteroatoms. The number of hydrogen-bond acceptors (Lipinski definition) is 2. The zero-order valence-corrected chi connectivity index (χ0v) is 10.5. The summed E-state index contributed by atoms with van der Waals surface area (Å²) in [5.74, 6) is -2.60. The van der Waals surface area contributed by atoms with Crippen molar-refractivity contribution in [2.75, 3.05) is 0 Å². The Morgan fingerprint density at radius 1 is 1.53 bits per heavy atom. The summed E-state index contributed by atoms with van der Waals surface area (Å²) in [7, 11) is 0. The van der Waals surface area contributed by atoms with Crippen molar-refractivity contribution in [3.05, 3.63) is 60.3 Å². The average Bonchev–Trinajstić information content (AvgIpc) is 2.53. The number of carbonyl (C=O) groups is 2. The molecular formula is C14H14FNO3. The van der Waals surface area contributed by atoms with E-state index in [0.29, 0.717) is 12.1 Å². The first-order valence-electron chi connectivity index (χ1n) is 5.60. The standard InChI is InChI=1S/C14H14FNO3/c1-3-11(8-7-10(2)15)16-9-5-4-6-12(13(16)17)14(18)19/h3,5-9H,2,4H2,1H3,(H,18,19)/b8-7-,11-3?. The molecule has 1 heterocycles. The molecule has 0 bridgehead atoms. The van der Waals surface area contributed by atoms with Gasteiger partial charge in [-0.2, -0.15) is 0 Å². The molecule has 1 amide bonds. The fourth-order valence-corrected chi connectivity index (χ4v) is 1.51. The SMILES string of the molecule is C=C(F)/C=C\C(=CC)N1C=CCC=C(C(=O)O)C1=O. The van der Waals surface area contributed by atoms with Crippen LogP contribution in [-0.4, -0.2) is 21.9 Å². The fraction of sp³-hybridized carbons (Fsp3) is 0.143. The second kappa shape index (κ2) is 6.49. The van der Waals surface area contributed by atoms with Gasteiger partial charge in [0.15, 0.2) is 0 Å². The molecule has 0 saturated heterocycles. The van der Waals surface area contributed by atoms with Gasteiger partial charge in [0.25, 0.3) is 5.91 Å². The van der Waals surface area contributed by atoms with Crippen LogP contribution >= 0.6 is 0 Å². The van der Waals surface area contributed by atoms with Gasteiger partial charge >= 0.3 is 5.97 Å². The Bertz CT molecular complexity index is 527. The Morgan fingerprint density at radius 3 is 2.74 bits per heavy atom. The number of hydrogen-bond donors (Lipinski definition) is 1. The van der Waals surface area contributed by atoms with Gasteiger partial charge in [-0.3, -0.25) is 9.69 Å². The first-order chi connectivity index (χ1) is 8.97. The summed E-state index contributed by atoms with van der Waals surface area (Å²) in [4.78, 5) is 24.2. The van der Waals surface area contributed by atoms with Crippen molar-refractivity contribution in [3.8, 4) is 0 Å². The number of aliphatic carboxylic acids is 1. The summed E-state index contributed by atoms with van der Waals surface area (Å²) in [6.07, 6.45) is 8.84. The smallest absolute Gasteiger partial charge is 0.341 e. The summed E-state index contributed by atoms with van der Waals surface area (Å²) in [5.41, 5.74) is 0.0610. The zero-order chi connectivity index (χ0) is 14.4. The molecule has 1 aliphatic heterocycles. The summed E-state index contributed by atoms with van der Waals surface area (Å²) in [6.45, 7) is 4.74. The third kappa shape index (κ3) is 3.77. The molecule has 1 rings (SSSR count). The van der Waals surface area contributed by atoms with E-state index in [1.807, 2.05) is 0 Å². The number of amides is 1. The highest BCUT2D eigenvalue weighted by atomic mass is 19.1. The van der Waals surface area contributed by atoms with E-state index in [1.165, 1.54) is 18.4 Å². The van der Waals surface area contributed by atoms with Crippen molar-refractivity contribution in [1.82, 2.24) is 4.90 Å². The number of carbonyl (C=O) groups excluding carboxylic acids is 1. The average molecular weight is 263 g/mol. The lowest BCUT2D eigenvalue weighted by Gasteiger charge is -2.18. The maximum Gasteiger partial charge on any atom is 0.341 e. The van der Waals surface area contributed by atoms with E-state index in [2.05, 4.69) is 6.58 Å². The van der Waals surface area contributed by atoms with Crippen molar-refractivity contribution >= 4 is 11.9 Å². The molecule has 0 atom stereocenters. The lowest BCUT2D eigenvalue weighted by molar-refractivity contribution is -0.136. The largest absolute Gasteiger partial charge is 0.478 e. The number of carboxylic acids is 1. The van der Waals surface area contributed by atoms with Crippen LogP contribution in [0.15, 0.2) is 60.3 Å². The molecule has 0 fully saturated rings. The van der Waals surface area contributed by atoms with Crippen LogP contribution in [0.4, 0.5) is 4.39 Å². The molecule has 1 aliphatic rings. The topological polar surface area (TPSA) is 57.6 Å². The van der Waals surface area contributed by atoms with Gasteiger partial charge in [-0.25, -0.2) is 9.18 Å². The third-order valence-electron chi connectivity index (χ3n) is 2.40. The monoisotopic (exact) mass is 263 g/mol. The molecule has 1 N–H and O–H groups in total. The maximum absolute atomic E-state index is 12.6. The molecule has 0 aromatic carbocycles. The quantitative estimate of drug-likeness (QED) is 0.626. The van der Waals surface area contributed by atoms with Gasteiger partial charge in [0, 0.05) is 11.9 Å². The van der Waals surface area contributed by atoms with E-state index in [4.69, 9.17) is 5.11 Å². The van der Waals surface area contributed by atoms with Gasteiger partial charge in [-0.1, -0.05) is 24.8 Å². The van der Waals surface area contributed by atoms with Gasteiger partial charge in [-0.05, 0) is 25.5 Å². The molecule has 100 valence electrons. The molecule has 0 radical (unpaired) electrons. The van der Waals surface area contributed by atoms with E-state index in [1.54, 1.807) is 19.1 Å². The minimum Gasteiger partial charge on any atom is -0.478 e. The van der Waals surface area contributed by atoms with E-state index >= 15 is 0 Å². The number of nitrogens with zero attached hydrogens (tertiary/aromatic N) is 1. The number of allylic oxidation sites excluding steroid dienone is 6. The van der Waals surface area contributed by atoms with Crippen LogP contribution in [0.2, 0.25) is 0 Å². The summed E-state index contributed by atoms with van der Waals surface area (Å²) < 4.78 is 12.6. The van der Waals surface area contributed by atoms with Crippen LogP contribution in [0.25, 0.3) is 0 Å². The first-order valence-corrected chi connectivity index (χ1v) is 5.60. The lowest BCUT2D eigenvalue weighted by atomic mass is 10.2. The van der Waals surface area contributed by atoms with E-state index in [0.717, 1.165) is 11.0 Å². The second-order valence-electron chi connectivity index (χ2n) is 3.71. The van der Waals surface area contributed by atoms with Crippen LogP contribution in [0.1, 0.15) is 13.3 Å². The van der Waals surface area contributed by atoms with Crippen LogP contribution in [0.3, 0.4) is 0 Å². The molecule has 0 aliphatic carbocycles. The van der Waals surface area contributed by atoms with Crippen molar-refractivity contribution in [3.63, 3.8) is 0 Å². The Kier molecular flexibility index (Phi) is 5.00. The van der Waals surface area contributed by atoms with E-state index in [9.17, 15) is 14.0 Å². The molecular weight excluding hydrogens is 249 g/mol. The van der Waals surface area contributed by atoms with Gasteiger partial charge in [-0.15, -0.1) is 0 Å². The molecule has 0 aromatic heterocycles. The number of rotatable bonds is 4. The maximum atomic E-state index is 12.6. The first kappa shape index (κ1) is 14.6. The normalized spacial score (nSPS) is 16.5. The van der Waals surface area contributed by atoms with E-state index in [-0.39, 0.29) is 5.57 Å². The van der Waals surface area contributed by atoms with Crippen molar-refractivity contribution < 1.29 is 19.1 Å². The van der Waals surface area contributed by atoms with Crippen LogP contribution in [0, 0.1) is 0 Å². The Labute approximate surface area is 110 Å². The molecule has 4 nitrogen and oxygen atoms in total. The fourth-order valence-electron chi connectivity index (χ4n) is 1.51. The molecule has 0 unspecified atom stereocenters. The van der Waals surface area contributed by atoms with Gasteiger partial charge in [0.1, 0.15) is 11.4 Å². The molecule has 0 spiro atoms. The van der Waals surface area contributed by atoms with Crippen molar-refractivity contribution in [2.45, 2.75) is 13.3 Å². The van der Waals surface area contributed by atoms with Gasteiger partial charge in [0.2, 0.25) is 0 Å². The molecule has 0 aromatic rings. The highest BCUT2D eigenvalue weighted by molar-refractivity contribution is 6.16. The third-order valence-corrected chi connectivity index (χ3v) is 2.40. The number of halogens is 1. The Hall–Kier alpha value is -2.43. The van der Waals surface area contributed by atoms with Crippen molar-refractivity contribution in [2.24, 2.45) is 0 Å². The lowest BCUT2D eigenvalue weighted by Crippen LogP contribution is -2.28. The van der Waals surface area contributed by atoms with Gasteiger partial charge in [0.05, 0.1) is 0 Å². The molecule has 19 heavy (non-hydrogen) atoms. The number of carboxylic acid groups (broad SMARTS) is 1. The Balaban J connectivity index is 3.10. The summed E-state index contributed by atoms with van der Waals surface area (Å²) in [5, 5.41) is 8.97. The minimum atomic E-state index is -1.28. The summed E-state index contributed by atoms with van der Waals surface area (Å²) in [6, 6.07) is 0. The van der Waals surface area contributed by atoms with Crippen LogP contribution in [0.5, 0.6) is 0 Å². The minimum absolute atomic E-state index is 0.308. The highest BCUT2D eigenvalue weighted by Gasteiger charge is 2.24. The highest BCUT2D eigenvalue weighted by Crippen LogP contribution is 2.17. The summed E-state index contributed by atoms with van der Waals surface area (Å²) >= 11 is 0. The zero-order valence-electron chi connectivity index (χ0n) is 10.5. The van der Waals surface area contributed by atoms with Crippen LogP contribution < -0.4 is 0 Å². The van der Waals surface area contributed by atoms with Crippen molar-refractivity contribution in [1.29, 1.82) is 0 Å². The Morgan fingerprint density at radius 2 is 2.21 bits per heavy atom. The van der Waals surface area contributed by atoms with E-state index < -0.39 is 17.7 Å².